The molecular weight excluding hydrogens is 266 g/mol. The van der Waals surface area contributed by atoms with Gasteiger partial charge in [0.2, 0.25) is 0 Å². The predicted octanol–water partition coefficient (Wildman–Crippen LogP) is 2.91. The second-order valence-corrected chi connectivity index (χ2v) is 5.06. The summed E-state index contributed by atoms with van der Waals surface area (Å²) in [5, 5.41) is 6.78. The lowest BCUT2D eigenvalue weighted by Gasteiger charge is -2.08. The van der Waals surface area contributed by atoms with Crippen LogP contribution in [0.5, 0.6) is 0 Å². The standard InChI is InChI=1S/C12H12BrN3/c13-8-4-7-2-1-3-9(7)10(5-8)11-6-15-16-12(11)14/h4-6H,1-3H2,(H3,14,15,16). The first-order chi connectivity index (χ1) is 7.75. The number of anilines is 1. The highest BCUT2D eigenvalue weighted by Crippen LogP contribution is 2.36. The molecule has 0 atom stereocenters. The van der Waals surface area contributed by atoms with Gasteiger partial charge < -0.3 is 5.73 Å². The average molecular weight is 278 g/mol. The van der Waals surface area contributed by atoms with Gasteiger partial charge in [-0.3, -0.25) is 5.10 Å². The Morgan fingerprint density at radius 3 is 2.88 bits per heavy atom. The second kappa shape index (κ2) is 3.63. The van der Waals surface area contributed by atoms with E-state index >= 15 is 0 Å². The number of halogens is 1. The van der Waals surface area contributed by atoms with Crippen molar-refractivity contribution in [3.05, 3.63) is 33.9 Å². The molecule has 0 aliphatic heterocycles. The maximum Gasteiger partial charge on any atom is 0.126 e. The Morgan fingerprint density at radius 1 is 1.25 bits per heavy atom. The smallest absolute Gasteiger partial charge is 0.126 e. The van der Waals surface area contributed by atoms with Crippen LogP contribution in [0.25, 0.3) is 11.1 Å². The van der Waals surface area contributed by atoms with E-state index in [2.05, 4.69) is 38.3 Å². The number of fused-ring (bicyclic) bond motifs is 1. The van der Waals surface area contributed by atoms with Crippen molar-refractivity contribution in [1.29, 1.82) is 0 Å². The number of aromatic amines is 1. The molecule has 0 fully saturated rings. The molecule has 4 heteroatoms. The minimum absolute atomic E-state index is 0.646. The van der Waals surface area contributed by atoms with Crippen molar-refractivity contribution in [3.63, 3.8) is 0 Å². The summed E-state index contributed by atoms with van der Waals surface area (Å²) in [7, 11) is 0. The molecule has 3 rings (SSSR count). The summed E-state index contributed by atoms with van der Waals surface area (Å²) in [5.41, 5.74) is 11.0. The molecule has 2 aromatic rings. The van der Waals surface area contributed by atoms with Crippen LogP contribution in [-0.4, -0.2) is 10.2 Å². The molecule has 16 heavy (non-hydrogen) atoms. The Morgan fingerprint density at radius 2 is 2.12 bits per heavy atom. The predicted molar refractivity (Wildman–Crippen MR) is 68.2 cm³/mol. The minimum Gasteiger partial charge on any atom is -0.384 e. The van der Waals surface area contributed by atoms with Crippen LogP contribution in [0.4, 0.5) is 5.82 Å². The van der Waals surface area contributed by atoms with Gasteiger partial charge in [-0.15, -0.1) is 0 Å². The summed E-state index contributed by atoms with van der Waals surface area (Å²) in [6.45, 7) is 0. The molecule has 1 aliphatic carbocycles. The number of aromatic nitrogens is 2. The topological polar surface area (TPSA) is 54.7 Å². The molecular formula is C12H12BrN3. The molecule has 0 spiro atoms. The molecule has 1 aliphatic rings. The summed E-state index contributed by atoms with van der Waals surface area (Å²) in [6.07, 6.45) is 5.34. The zero-order valence-corrected chi connectivity index (χ0v) is 10.3. The van der Waals surface area contributed by atoms with Crippen LogP contribution < -0.4 is 5.73 Å². The number of nitrogen functional groups attached to an aromatic ring is 1. The Hall–Kier alpha value is -1.29. The summed E-state index contributed by atoms with van der Waals surface area (Å²) in [5.74, 6) is 0.646. The van der Waals surface area contributed by atoms with Crippen molar-refractivity contribution in [2.24, 2.45) is 0 Å². The van der Waals surface area contributed by atoms with Gasteiger partial charge in [-0.2, -0.15) is 5.10 Å². The fraction of sp³-hybridized carbons (Fsp3) is 0.250. The number of nitrogens with one attached hydrogen (secondary N) is 1. The normalized spacial score (nSPS) is 14.1. The second-order valence-electron chi connectivity index (χ2n) is 4.14. The van der Waals surface area contributed by atoms with Gasteiger partial charge in [0.05, 0.1) is 6.20 Å². The van der Waals surface area contributed by atoms with E-state index in [0.717, 1.165) is 16.5 Å². The zero-order valence-electron chi connectivity index (χ0n) is 8.76. The maximum absolute atomic E-state index is 5.88. The lowest BCUT2D eigenvalue weighted by atomic mass is 9.99. The first-order valence-corrected chi connectivity index (χ1v) is 6.15. The van der Waals surface area contributed by atoms with E-state index in [0.29, 0.717) is 5.82 Å². The van der Waals surface area contributed by atoms with Crippen molar-refractivity contribution >= 4 is 21.7 Å². The molecule has 1 heterocycles. The van der Waals surface area contributed by atoms with Crippen molar-refractivity contribution in [3.8, 4) is 11.1 Å². The number of benzene rings is 1. The van der Waals surface area contributed by atoms with Gasteiger partial charge in [0.25, 0.3) is 0 Å². The molecule has 3 N–H and O–H groups in total. The van der Waals surface area contributed by atoms with E-state index in [1.807, 2.05) is 0 Å². The minimum atomic E-state index is 0.646. The van der Waals surface area contributed by atoms with Gasteiger partial charge in [0.15, 0.2) is 0 Å². The van der Waals surface area contributed by atoms with Crippen molar-refractivity contribution < 1.29 is 0 Å². The van der Waals surface area contributed by atoms with Gasteiger partial charge in [0.1, 0.15) is 5.82 Å². The van der Waals surface area contributed by atoms with E-state index in [4.69, 9.17) is 5.73 Å². The van der Waals surface area contributed by atoms with Crippen LogP contribution in [0.2, 0.25) is 0 Å². The van der Waals surface area contributed by atoms with Gasteiger partial charge in [0, 0.05) is 10.0 Å². The maximum atomic E-state index is 5.88. The van der Waals surface area contributed by atoms with Crippen LogP contribution in [0.15, 0.2) is 22.8 Å². The third kappa shape index (κ3) is 1.45. The number of hydrogen-bond acceptors (Lipinski definition) is 2. The molecule has 1 aromatic heterocycles. The SMILES string of the molecule is Nc1[nH]ncc1-c1cc(Br)cc2c1CCC2. The van der Waals surface area contributed by atoms with Gasteiger partial charge in [-0.1, -0.05) is 15.9 Å². The van der Waals surface area contributed by atoms with Crippen molar-refractivity contribution in [2.75, 3.05) is 5.73 Å². The van der Waals surface area contributed by atoms with Crippen molar-refractivity contribution in [1.82, 2.24) is 10.2 Å². The molecule has 82 valence electrons. The van der Waals surface area contributed by atoms with E-state index < -0.39 is 0 Å². The van der Waals surface area contributed by atoms with Gasteiger partial charge in [-0.05, 0) is 48.1 Å². The monoisotopic (exact) mass is 277 g/mol. The molecule has 0 saturated heterocycles. The molecule has 3 nitrogen and oxygen atoms in total. The highest BCUT2D eigenvalue weighted by Gasteiger charge is 2.18. The van der Waals surface area contributed by atoms with E-state index in [9.17, 15) is 0 Å². The average Bonchev–Trinajstić information content (AvgIpc) is 2.84. The Balaban J connectivity index is 2.25. The number of nitrogens with zero attached hydrogens (tertiary/aromatic N) is 1. The number of aryl methyl sites for hydroxylation is 1. The highest BCUT2D eigenvalue weighted by molar-refractivity contribution is 9.10. The zero-order chi connectivity index (χ0) is 11.1. The Kier molecular flexibility index (Phi) is 2.24. The first kappa shape index (κ1) is 9.90. The quantitative estimate of drug-likeness (QED) is 0.842. The number of H-pyrrole nitrogens is 1. The summed E-state index contributed by atoms with van der Waals surface area (Å²) in [4.78, 5) is 0. The van der Waals surface area contributed by atoms with Crippen molar-refractivity contribution in [2.45, 2.75) is 19.3 Å². The largest absolute Gasteiger partial charge is 0.384 e. The fourth-order valence-corrected chi connectivity index (χ4v) is 2.92. The van der Waals surface area contributed by atoms with Crippen LogP contribution >= 0.6 is 15.9 Å². The van der Waals surface area contributed by atoms with Crippen LogP contribution in [0.1, 0.15) is 17.5 Å². The summed E-state index contributed by atoms with van der Waals surface area (Å²) in [6, 6.07) is 4.34. The molecule has 0 unspecified atom stereocenters. The van der Waals surface area contributed by atoms with E-state index in [-0.39, 0.29) is 0 Å². The Bertz CT molecular complexity index is 545. The van der Waals surface area contributed by atoms with Crippen LogP contribution in [-0.2, 0) is 12.8 Å². The lowest BCUT2D eigenvalue weighted by Crippen LogP contribution is -1.92. The third-order valence-corrected chi connectivity index (χ3v) is 3.60. The lowest BCUT2D eigenvalue weighted by molar-refractivity contribution is 0.912. The highest BCUT2D eigenvalue weighted by atomic mass is 79.9. The molecule has 0 amide bonds. The number of rotatable bonds is 1. The van der Waals surface area contributed by atoms with Crippen LogP contribution in [0, 0.1) is 0 Å². The number of hydrogen-bond donors (Lipinski definition) is 2. The summed E-state index contributed by atoms with van der Waals surface area (Å²) >= 11 is 3.55. The third-order valence-electron chi connectivity index (χ3n) is 3.14. The summed E-state index contributed by atoms with van der Waals surface area (Å²) < 4.78 is 1.11. The first-order valence-electron chi connectivity index (χ1n) is 5.36. The van der Waals surface area contributed by atoms with Gasteiger partial charge >= 0.3 is 0 Å². The Labute approximate surface area is 102 Å². The molecule has 0 saturated carbocycles. The number of nitrogens with two attached hydrogens (primary N) is 1. The fourth-order valence-electron chi connectivity index (χ4n) is 2.42. The van der Waals surface area contributed by atoms with E-state index in [1.165, 1.54) is 29.5 Å². The molecule has 1 aromatic carbocycles. The molecule has 0 bridgehead atoms. The van der Waals surface area contributed by atoms with Gasteiger partial charge in [-0.25, -0.2) is 0 Å². The molecule has 0 radical (unpaired) electrons. The van der Waals surface area contributed by atoms with E-state index in [1.54, 1.807) is 6.20 Å². The van der Waals surface area contributed by atoms with Crippen LogP contribution in [0.3, 0.4) is 0 Å².